The number of aliphatic hydroxyl groups is 1. The third kappa shape index (κ3) is 4.13. The molecule has 0 unspecified atom stereocenters. The van der Waals surface area contributed by atoms with Crippen LogP contribution < -0.4 is 5.32 Å². The second kappa shape index (κ2) is 7.13. The summed E-state index contributed by atoms with van der Waals surface area (Å²) in [5, 5.41) is 12.0. The van der Waals surface area contributed by atoms with Crippen LogP contribution in [0.15, 0.2) is 0 Å². The van der Waals surface area contributed by atoms with Crippen LogP contribution in [0.25, 0.3) is 0 Å². The van der Waals surface area contributed by atoms with Crippen molar-refractivity contribution in [2.24, 2.45) is 0 Å². The number of rotatable bonds is 1. The van der Waals surface area contributed by atoms with E-state index in [1.807, 2.05) is 7.05 Å². The topological polar surface area (TPSA) is 35.5 Å². The van der Waals surface area contributed by atoms with Crippen LogP contribution in [0.1, 0.15) is 0 Å². The van der Waals surface area contributed by atoms with Gasteiger partial charge in [0, 0.05) is 25.7 Å². The number of halogens is 2. The molecule has 1 aliphatic heterocycles. The molecule has 1 rings (SSSR count). The minimum Gasteiger partial charge on any atom is -0.395 e. The van der Waals surface area contributed by atoms with Gasteiger partial charge in [0.05, 0.1) is 6.61 Å². The Hall–Kier alpha value is 0.460. The molecule has 1 aliphatic rings. The fourth-order valence-electron chi connectivity index (χ4n) is 1.07. The van der Waals surface area contributed by atoms with E-state index in [1.165, 1.54) is 0 Å². The molecule has 1 saturated heterocycles. The minimum atomic E-state index is 0. The first kappa shape index (κ1) is 14.0. The zero-order valence-corrected chi connectivity index (χ0v) is 8.25. The van der Waals surface area contributed by atoms with Crippen molar-refractivity contribution in [3.8, 4) is 0 Å². The number of likely N-dealkylation sites (N-methyl/N-ethyl adjacent to an activating group) is 1. The molecule has 0 saturated carbocycles. The molecule has 1 atom stereocenters. The standard InChI is InChI=1S/C6H14N2O.2ClH/c1-8-3-2-7-4-6(8)5-9;;/h6-7,9H,2-5H2,1H3;2*1H/t6-;;/m1../s1. The highest BCUT2D eigenvalue weighted by atomic mass is 35.5. The van der Waals surface area contributed by atoms with Crippen LogP contribution in [0.4, 0.5) is 0 Å². The number of hydrogen-bond donors (Lipinski definition) is 2. The molecule has 3 nitrogen and oxygen atoms in total. The summed E-state index contributed by atoms with van der Waals surface area (Å²) in [7, 11) is 2.04. The van der Waals surface area contributed by atoms with Gasteiger partial charge in [0.2, 0.25) is 0 Å². The van der Waals surface area contributed by atoms with Gasteiger partial charge in [-0.05, 0) is 7.05 Å². The van der Waals surface area contributed by atoms with E-state index >= 15 is 0 Å². The molecule has 1 heterocycles. The monoisotopic (exact) mass is 202 g/mol. The maximum absolute atomic E-state index is 8.78. The highest BCUT2D eigenvalue weighted by Gasteiger charge is 2.16. The van der Waals surface area contributed by atoms with E-state index in [4.69, 9.17) is 5.11 Å². The van der Waals surface area contributed by atoms with Crippen molar-refractivity contribution in [3.63, 3.8) is 0 Å². The smallest absolute Gasteiger partial charge is 0.0599 e. The van der Waals surface area contributed by atoms with E-state index in [2.05, 4.69) is 10.2 Å². The van der Waals surface area contributed by atoms with Crippen LogP contribution in [0.2, 0.25) is 0 Å². The van der Waals surface area contributed by atoms with Crippen LogP contribution in [0, 0.1) is 0 Å². The summed E-state index contributed by atoms with van der Waals surface area (Å²) >= 11 is 0. The largest absolute Gasteiger partial charge is 0.395 e. The summed E-state index contributed by atoms with van der Waals surface area (Å²) in [6.45, 7) is 3.29. The molecule has 0 spiro atoms. The second-order valence-corrected chi connectivity index (χ2v) is 2.52. The van der Waals surface area contributed by atoms with Gasteiger partial charge in [-0.3, -0.25) is 4.90 Å². The Morgan fingerprint density at radius 3 is 2.55 bits per heavy atom. The van der Waals surface area contributed by atoms with Crippen LogP contribution in [0.3, 0.4) is 0 Å². The molecule has 2 N–H and O–H groups in total. The van der Waals surface area contributed by atoms with Gasteiger partial charge in [0.15, 0.2) is 0 Å². The number of aliphatic hydroxyl groups excluding tert-OH is 1. The lowest BCUT2D eigenvalue weighted by Gasteiger charge is -2.31. The maximum atomic E-state index is 8.78. The molecular formula is C6H16Cl2N2O. The Morgan fingerprint density at radius 2 is 2.18 bits per heavy atom. The summed E-state index contributed by atoms with van der Waals surface area (Å²) in [5.74, 6) is 0. The van der Waals surface area contributed by atoms with Crippen LogP contribution in [-0.4, -0.2) is 49.3 Å². The van der Waals surface area contributed by atoms with Crippen molar-refractivity contribution < 1.29 is 5.11 Å². The van der Waals surface area contributed by atoms with E-state index in [1.54, 1.807) is 0 Å². The SMILES string of the molecule is CN1CCNC[C@@H]1CO.Cl.Cl. The van der Waals surface area contributed by atoms with Gasteiger partial charge in [0.1, 0.15) is 0 Å². The molecule has 0 aromatic rings. The molecule has 5 heteroatoms. The zero-order chi connectivity index (χ0) is 6.69. The van der Waals surface area contributed by atoms with Crippen molar-refractivity contribution in [2.75, 3.05) is 33.3 Å². The zero-order valence-electron chi connectivity index (χ0n) is 6.62. The highest BCUT2D eigenvalue weighted by molar-refractivity contribution is 5.85. The Kier molecular flexibility index (Phi) is 9.08. The summed E-state index contributed by atoms with van der Waals surface area (Å²) in [5.41, 5.74) is 0. The van der Waals surface area contributed by atoms with E-state index in [0.29, 0.717) is 6.04 Å². The van der Waals surface area contributed by atoms with Crippen LogP contribution >= 0.6 is 24.8 Å². The van der Waals surface area contributed by atoms with E-state index < -0.39 is 0 Å². The predicted molar refractivity (Wildman–Crippen MR) is 50.9 cm³/mol. The van der Waals surface area contributed by atoms with Crippen molar-refractivity contribution in [2.45, 2.75) is 6.04 Å². The van der Waals surface area contributed by atoms with E-state index in [-0.39, 0.29) is 31.4 Å². The summed E-state index contributed by atoms with van der Waals surface area (Å²) < 4.78 is 0. The average molecular weight is 203 g/mol. The van der Waals surface area contributed by atoms with E-state index in [9.17, 15) is 0 Å². The average Bonchev–Trinajstić information content (AvgIpc) is 1.89. The number of piperazine rings is 1. The second-order valence-electron chi connectivity index (χ2n) is 2.52. The highest BCUT2D eigenvalue weighted by Crippen LogP contribution is 1.96. The molecule has 1 fully saturated rings. The van der Waals surface area contributed by atoms with Gasteiger partial charge in [0.25, 0.3) is 0 Å². The third-order valence-electron chi connectivity index (χ3n) is 1.86. The Labute approximate surface area is 80.0 Å². The lowest BCUT2D eigenvalue weighted by atomic mass is 10.2. The first-order valence-corrected chi connectivity index (χ1v) is 3.36. The van der Waals surface area contributed by atoms with Gasteiger partial charge in [-0.1, -0.05) is 0 Å². The Morgan fingerprint density at radius 1 is 1.55 bits per heavy atom. The van der Waals surface area contributed by atoms with Gasteiger partial charge >= 0.3 is 0 Å². The molecule has 0 aromatic heterocycles. The predicted octanol–water partition coefficient (Wildman–Crippen LogP) is -0.274. The Bertz CT molecular complexity index is 94.7. The van der Waals surface area contributed by atoms with Crippen molar-refractivity contribution in [1.82, 2.24) is 10.2 Å². The van der Waals surface area contributed by atoms with Crippen molar-refractivity contribution >= 4 is 24.8 Å². The van der Waals surface area contributed by atoms with Gasteiger partial charge < -0.3 is 10.4 Å². The van der Waals surface area contributed by atoms with Gasteiger partial charge in [-0.25, -0.2) is 0 Å². The third-order valence-corrected chi connectivity index (χ3v) is 1.86. The molecule has 0 amide bonds. The number of hydrogen-bond acceptors (Lipinski definition) is 3. The molecule has 11 heavy (non-hydrogen) atoms. The quantitative estimate of drug-likeness (QED) is 0.615. The first-order valence-electron chi connectivity index (χ1n) is 3.36. The fraction of sp³-hybridized carbons (Fsp3) is 1.00. The summed E-state index contributed by atoms with van der Waals surface area (Å²) in [4.78, 5) is 2.18. The van der Waals surface area contributed by atoms with Crippen molar-refractivity contribution in [3.05, 3.63) is 0 Å². The summed E-state index contributed by atoms with van der Waals surface area (Å²) in [6, 6.07) is 0.332. The number of nitrogens with zero attached hydrogens (tertiary/aromatic N) is 1. The molecule has 0 bridgehead atoms. The maximum Gasteiger partial charge on any atom is 0.0599 e. The summed E-state index contributed by atoms with van der Waals surface area (Å²) in [6.07, 6.45) is 0. The lowest BCUT2D eigenvalue weighted by molar-refractivity contribution is 0.124. The molecule has 0 radical (unpaired) electrons. The normalized spacial score (nSPS) is 25.1. The van der Waals surface area contributed by atoms with Gasteiger partial charge in [-0.2, -0.15) is 0 Å². The first-order chi connectivity index (χ1) is 4.34. The lowest BCUT2D eigenvalue weighted by Crippen LogP contribution is -2.50. The number of nitrogens with one attached hydrogen (secondary N) is 1. The van der Waals surface area contributed by atoms with E-state index in [0.717, 1.165) is 19.6 Å². The van der Waals surface area contributed by atoms with Crippen molar-refractivity contribution in [1.29, 1.82) is 0 Å². The van der Waals surface area contributed by atoms with Crippen LogP contribution in [0.5, 0.6) is 0 Å². The molecule has 0 aliphatic carbocycles. The molecular weight excluding hydrogens is 187 g/mol. The minimum absolute atomic E-state index is 0. The molecule has 0 aromatic carbocycles. The van der Waals surface area contributed by atoms with Gasteiger partial charge in [-0.15, -0.1) is 24.8 Å². The van der Waals surface area contributed by atoms with Crippen LogP contribution in [-0.2, 0) is 0 Å². The molecule has 70 valence electrons. The fourth-order valence-corrected chi connectivity index (χ4v) is 1.07. The Balaban J connectivity index is 0.